The molecule has 2 nitrogen and oxygen atoms in total. The molecule has 0 aliphatic heterocycles. The summed E-state index contributed by atoms with van der Waals surface area (Å²) in [6, 6.07) is 15.6. The zero-order chi connectivity index (χ0) is 13.0. The lowest BCUT2D eigenvalue weighted by molar-refractivity contribution is 0.281. The first-order valence-electron chi connectivity index (χ1n) is 6.16. The van der Waals surface area contributed by atoms with Gasteiger partial charge in [-0.25, -0.2) is 0 Å². The molecule has 1 N–H and O–H groups in total. The van der Waals surface area contributed by atoms with Gasteiger partial charge in [0.05, 0.1) is 6.61 Å². The van der Waals surface area contributed by atoms with Crippen LogP contribution >= 0.6 is 0 Å². The van der Waals surface area contributed by atoms with Crippen LogP contribution in [-0.4, -0.2) is 5.11 Å². The van der Waals surface area contributed by atoms with Gasteiger partial charge in [-0.3, -0.25) is 0 Å². The topological polar surface area (TPSA) is 29.5 Å². The molecule has 0 unspecified atom stereocenters. The fourth-order valence-corrected chi connectivity index (χ4v) is 1.74. The smallest absolute Gasteiger partial charge is 0.127 e. The molecule has 0 aliphatic rings. The number of aliphatic hydroxyl groups excluding tert-OH is 1. The summed E-state index contributed by atoms with van der Waals surface area (Å²) in [6.45, 7) is 4.38. The maximum absolute atomic E-state index is 8.97. The third kappa shape index (κ3) is 3.11. The fraction of sp³-hybridized carbons (Fsp3) is 0.250. The number of hydrogen-bond acceptors (Lipinski definition) is 2. The first-order valence-corrected chi connectivity index (χ1v) is 6.16. The molecule has 0 saturated carbocycles. The highest BCUT2D eigenvalue weighted by molar-refractivity contribution is 5.35. The summed E-state index contributed by atoms with van der Waals surface area (Å²) >= 11 is 0. The Labute approximate surface area is 108 Å². The van der Waals surface area contributed by atoms with Crippen LogP contribution in [0.15, 0.2) is 48.5 Å². The highest BCUT2D eigenvalue weighted by atomic mass is 16.5. The molecule has 0 amide bonds. The highest BCUT2D eigenvalue weighted by Gasteiger charge is 2.02. The van der Waals surface area contributed by atoms with Crippen molar-refractivity contribution >= 4 is 0 Å². The van der Waals surface area contributed by atoms with Crippen molar-refractivity contribution in [3.63, 3.8) is 0 Å². The standard InChI is InChI=1S/C16H18O2/c1-12(2)14-4-3-5-16(10-14)18-15-8-6-13(11-17)7-9-15/h3-10,12,17H,11H2,1-2H3. The number of hydrogen-bond donors (Lipinski definition) is 1. The first kappa shape index (κ1) is 12.7. The van der Waals surface area contributed by atoms with E-state index in [9.17, 15) is 0 Å². The Morgan fingerprint density at radius 3 is 2.33 bits per heavy atom. The van der Waals surface area contributed by atoms with E-state index >= 15 is 0 Å². The zero-order valence-corrected chi connectivity index (χ0v) is 10.8. The van der Waals surface area contributed by atoms with Gasteiger partial charge in [-0.2, -0.15) is 0 Å². The van der Waals surface area contributed by atoms with Gasteiger partial charge >= 0.3 is 0 Å². The Hall–Kier alpha value is -1.80. The molecule has 0 heterocycles. The minimum Gasteiger partial charge on any atom is -0.457 e. The molecule has 0 bridgehead atoms. The summed E-state index contributed by atoms with van der Waals surface area (Å²) in [4.78, 5) is 0. The van der Waals surface area contributed by atoms with Crippen LogP contribution in [0.1, 0.15) is 30.9 Å². The minimum absolute atomic E-state index is 0.0586. The maximum Gasteiger partial charge on any atom is 0.127 e. The van der Waals surface area contributed by atoms with Crippen molar-refractivity contribution in [1.82, 2.24) is 0 Å². The van der Waals surface area contributed by atoms with E-state index in [1.807, 2.05) is 36.4 Å². The molecular weight excluding hydrogens is 224 g/mol. The van der Waals surface area contributed by atoms with Gasteiger partial charge in [0, 0.05) is 0 Å². The van der Waals surface area contributed by atoms with Gasteiger partial charge in [-0.05, 0) is 41.3 Å². The second kappa shape index (κ2) is 5.69. The van der Waals surface area contributed by atoms with E-state index in [0.29, 0.717) is 5.92 Å². The molecule has 2 rings (SSSR count). The number of ether oxygens (including phenoxy) is 1. The summed E-state index contributed by atoms with van der Waals surface area (Å²) in [7, 11) is 0. The Kier molecular flexibility index (Phi) is 4.00. The summed E-state index contributed by atoms with van der Waals surface area (Å²) in [5, 5.41) is 8.97. The molecule has 0 spiro atoms. The number of aliphatic hydroxyl groups is 1. The zero-order valence-electron chi connectivity index (χ0n) is 10.8. The van der Waals surface area contributed by atoms with Gasteiger partial charge in [-0.15, -0.1) is 0 Å². The fourth-order valence-electron chi connectivity index (χ4n) is 1.74. The van der Waals surface area contributed by atoms with E-state index in [-0.39, 0.29) is 6.61 Å². The molecule has 2 heteroatoms. The molecule has 94 valence electrons. The number of benzene rings is 2. The van der Waals surface area contributed by atoms with Crippen LogP contribution in [0.2, 0.25) is 0 Å². The average Bonchev–Trinajstić information content (AvgIpc) is 2.40. The Bertz CT molecular complexity index is 501. The largest absolute Gasteiger partial charge is 0.457 e. The van der Waals surface area contributed by atoms with Crippen molar-refractivity contribution in [2.24, 2.45) is 0 Å². The average molecular weight is 242 g/mol. The van der Waals surface area contributed by atoms with E-state index in [2.05, 4.69) is 26.0 Å². The van der Waals surface area contributed by atoms with E-state index in [1.54, 1.807) is 0 Å². The molecule has 2 aromatic rings. The molecule has 0 atom stereocenters. The third-order valence-electron chi connectivity index (χ3n) is 2.87. The van der Waals surface area contributed by atoms with Crippen LogP contribution in [0.4, 0.5) is 0 Å². The van der Waals surface area contributed by atoms with E-state index in [0.717, 1.165) is 17.1 Å². The van der Waals surface area contributed by atoms with Crippen LogP contribution in [0.25, 0.3) is 0 Å². The lowest BCUT2D eigenvalue weighted by Gasteiger charge is -2.10. The summed E-state index contributed by atoms with van der Waals surface area (Å²) in [5.74, 6) is 2.12. The van der Waals surface area contributed by atoms with Crippen LogP contribution in [0.5, 0.6) is 11.5 Å². The van der Waals surface area contributed by atoms with E-state index in [1.165, 1.54) is 5.56 Å². The molecule has 0 fully saturated rings. The highest BCUT2D eigenvalue weighted by Crippen LogP contribution is 2.25. The van der Waals surface area contributed by atoms with Crippen LogP contribution in [-0.2, 0) is 6.61 Å². The Morgan fingerprint density at radius 1 is 1.00 bits per heavy atom. The van der Waals surface area contributed by atoms with Crippen molar-refractivity contribution in [3.8, 4) is 11.5 Å². The van der Waals surface area contributed by atoms with E-state index in [4.69, 9.17) is 9.84 Å². The van der Waals surface area contributed by atoms with Gasteiger partial charge in [0.15, 0.2) is 0 Å². The molecule has 18 heavy (non-hydrogen) atoms. The molecule has 0 aliphatic carbocycles. The van der Waals surface area contributed by atoms with Gasteiger partial charge in [0.1, 0.15) is 11.5 Å². The van der Waals surface area contributed by atoms with Crippen LogP contribution < -0.4 is 4.74 Å². The summed E-state index contributed by atoms with van der Waals surface area (Å²) in [5.41, 5.74) is 2.15. The predicted molar refractivity (Wildman–Crippen MR) is 73.0 cm³/mol. The van der Waals surface area contributed by atoms with Crippen LogP contribution in [0, 0.1) is 0 Å². The Balaban J connectivity index is 2.15. The van der Waals surface area contributed by atoms with Crippen molar-refractivity contribution < 1.29 is 9.84 Å². The predicted octanol–water partition coefficient (Wildman–Crippen LogP) is 4.09. The van der Waals surface area contributed by atoms with Crippen LogP contribution in [0.3, 0.4) is 0 Å². The lowest BCUT2D eigenvalue weighted by Crippen LogP contribution is -1.90. The van der Waals surface area contributed by atoms with Gasteiger partial charge in [0.2, 0.25) is 0 Å². The normalized spacial score (nSPS) is 10.7. The molecule has 2 aromatic carbocycles. The number of rotatable bonds is 4. The van der Waals surface area contributed by atoms with Crippen molar-refractivity contribution in [3.05, 3.63) is 59.7 Å². The molecule has 0 radical (unpaired) electrons. The molecule has 0 saturated heterocycles. The summed E-state index contributed by atoms with van der Waals surface area (Å²) < 4.78 is 5.79. The quantitative estimate of drug-likeness (QED) is 0.874. The third-order valence-corrected chi connectivity index (χ3v) is 2.87. The monoisotopic (exact) mass is 242 g/mol. The Morgan fingerprint density at radius 2 is 1.72 bits per heavy atom. The van der Waals surface area contributed by atoms with Gasteiger partial charge < -0.3 is 9.84 Å². The second-order valence-corrected chi connectivity index (χ2v) is 4.63. The van der Waals surface area contributed by atoms with E-state index < -0.39 is 0 Å². The second-order valence-electron chi connectivity index (χ2n) is 4.63. The first-order chi connectivity index (χ1) is 8.69. The van der Waals surface area contributed by atoms with Gasteiger partial charge in [-0.1, -0.05) is 38.1 Å². The van der Waals surface area contributed by atoms with Crippen molar-refractivity contribution in [2.75, 3.05) is 0 Å². The summed E-state index contributed by atoms with van der Waals surface area (Å²) in [6.07, 6.45) is 0. The SMILES string of the molecule is CC(C)c1cccc(Oc2ccc(CO)cc2)c1. The minimum atomic E-state index is 0.0586. The lowest BCUT2D eigenvalue weighted by atomic mass is 10.0. The maximum atomic E-state index is 8.97. The van der Waals surface area contributed by atoms with Crippen molar-refractivity contribution in [1.29, 1.82) is 0 Å². The molecule has 0 aromatic heterocycles. The van der Waals surface area contributed by atoms with Gasteiger partial charge in [0.25, 0.3) is 0 Å². The molecular formula is C16H18O2. The van der Waals surface area contributed by atoms with Crippen molar-refractivity contribution in [2.45, 2.75) is 26.4 Å².